The van der Waals surface area contributed by atoms with Gasteiger partial charge in [0, 0.05) is 37.6 Å². The zero-order valence-electron chi connectivity index (χ0n) is 18.1. The fraction of sp³-hybridized carbons (Fsp3) is 0.391. The summed E-state index contributed by atoms with van der Waals surface area (Å²) in [6.45, 7) is 2.42. The Morgan fingerprint density at radius 3 is 2.30 bits per heavy atom. The number of urea groups is 1. The second kappa shape index (κ2) is 11.9. The number of halogens is 3. The van der Waals surface area contributed by atoms with Crippen molar-refractivity contribution >= 4 is 29.4 Å². The molecule has 0 radical (unpaired) electrons. The number of para-hydroxylation sites is 1. The smallest absolute Gasteiger partial charge is 0.338 e. The van der Waals surface area contributed by atoms with Crippen molar-refractivity contribution in [2.75, 3.05) is 50.3 Å². The predicted molar refractivity (Wildman–Crippen MR) is 123 cm³/mol. The lowest BCUT2D eigenvalue weighted by Gasteiger charge is -2.34. The van der Waals surface area contributed by atoms with Crippen molar-refractivity contribution in [3.05, 3.63) is 60.2 Å². The lowest BCUT2D eigenvalue weighted by Crippen LogP contribution is -2.53. The summed E-state index contributed by atoms with van der Waals surface area (Å²) in [6, 6.07) is 14.8. The van der Waals surface area contributed by atoms with E-state index >= 15 is 0 Å². The van der Waals surface area contributed by atoms with Crippen molar-refractivity contribution in [1.29, 1.82) is 0 Å². The number of anilines is 1. The van der Waals surface area contributed by atoms with Crippen molar-refractivity contribution in [3.63, 3.8) is 0 Å². The molecule has 33 heavy (non-hydrogen) atoms. The highest BCUT2D eigenvalue weighted by molar-refractivity contribution is 7.99. The monoisotopic (exact) mass is 480 g/mol. The lowest BCUT2D eigenvalue weighted by molar-refractivity contribution is -0.137. The molecule has 0 spiro atoms. The molecule has 1 fully saturated rings. The molecule has 0 saturated carbocycles. The quantitative estimate of drug-likeness (QED) is 0.440. The molecule has 2 N–H and O–H groups in total. The number of amides is 3. The zero-order valence-corrected chi connectivity index (χ0v) is 18.9. The van der Waals surface area contributed by atoms with E-state index in [0.29, 0.717) is 32.7 Å². The highest BCUT2D eigenvalue weighted by Crippen LogP contribution is 2.34. The molecule has 1 aliphatic heterocycles. The van der Waals surface area contributed by atoms with Gasteiger partial charge in [-0.2, -0.15) is 13.2 Å². The predicted octanol–water partition coefficient (Wildman–Crippen LogP) is 4.15. The number of piperazine rings is 1. The van der Waals surface area contributed by atoms with E-state index in [4.69, 9.17) is 0 Å². The highest BCUT2D eigenvalue weighted by atomic mass is 32.2. The van der Waals surface area contributed by atoms with Gasteiger partial charge in [-0.1, -0.05) is 30.3 Å². The summed E-state index contributed by atoms with van der Waals surface area (Å²) >= 11 is 1.74. The molecule has 6 nitrogen and oxygen atoms in total. The molecule has 3 amide bonds. The third-order valence-corrected chi connectivity index (χ3v) is 6.24. The summed E-state index contributed by atoms with van der Waals surface area (Å²) in [5, 5.41) is 5.27. The summed E-state index contributed by atoms with van der Waals surface area (Å²) in [5.41, 5.74) is -1.12. The van der Waals surface area contributed by atoms with E-state index in [2.05, 4.69) is 22.8 Å². The fourth-order valence-electron chi connectivity index (χ4n) is 3.43. The molecule has 178 valence electrons. The SMILES string of the molecule is O=C(CN1CCN(C(=O)NCCCSc2ccccc2)CC1)Nc1ccccc1C(F)(F)F. The first-order valence-corrected chi connectivity index (χ1v) is 11.7. The normalized spacial score (nSPS) is 14.7. The van der Waals surface area contributed by atoms with Crippen LogP contribution in [0, 0.1) is 0 Å². The van der Waals surface area contributed by atoms with Crippen LogP contribution >= 0.6 is 11.8 Å². The molecule has 10 heteroatoms. The molecule has 0 unspecified atom stereocenters. The first-order chi connectivity index (χ1) is 15.8. The van der Waals surface area contributed by atoms with Gasteiger partial charge >= 0.3 is 12.2 Å². The molecule has 3 rings (SSSR count). The third kappa shape index (κ3) is 7.97. The standard InChI is InChI=1S/C23H27F3N4O2S/c24-23(25,26)19-9-4-5-10-20(19)28-21(31)17-29-12-14-30(15-13-29)22(32)27-11-6-16-33-18-7-2-1-3-8-18/h1-5,7-10H,6,11-17H2,(H,27,32)(H,28,31). The number of alkyl halides is 3. The van der Waals surface area contributed by atoms with E-state index < -0.39 is 17.6 Å². The Hall–Kier alpha value is -2.72. The minimum Gasteiger partial charge on any atom is -0.338 e. The summed E-state index contributed by atoms with van der Waals surface area (Å²) in [6.07, 6.45) is -3.69. The van der Waals surface area contributed by atoms with E-state index in [-0.39, 0.29) is 18.3 Å². The van der Waals surface area contributed by atoms with Gasteiger partial charge < -0.3 is 15.5 Å². The highest BCUT2D eigenvalue weighted by Gasteiger charge is 2.33. The number of hydrogen-bond acceptors (Lipinski definition) is 4. The average molecular weight is 481 g/mol. The Kier molecular flexibility index (Phi) is 9.02. The molecule has 1 aliphatic rings. The number of nitrogens with zero attached hydrogens (tertiary/aromatic N) is 2. The number of carbonyl (C=O) groups excluding carboxylic acids is 2. The Balaban J connectivity index is 1.34. The van der Waals surface area contributed by atoms with Gasteiger partial charge in [0.1, 0.15) is 0 Å². The van der Waals surface area contributed by atoms with Crippen LogP contribution in [0.4, 0.5) is 23.7 Å². The van der Waals surface area contributed by atoms with E-state index in [1.165, 1.54) is 23.1 Å². The summed E-state index contributed by atoms with van der Waals surface area (Å²) in [4.78, 5) is 29.3. The number of rotatable bonds is 8. The molecular formula is C23H27F3N4O2S. The van der Waals surface area contributed by atoms with Crippen molar-refractivity contribution in [2.45, 2.75) is 17.5 Å². The maximum atomic E-state index is 13.1. The zero-order chi connectivity index (χ0) is 23.7. The van der Waals surface area contributed by atoms with Crippen LogP contribution in [0.3, 0.4) is 0 Å². The van der Waals surface area contributed by atoms with Crippen LogP contribution in [0.15, 0.2) is 59.5 Å². The maximum Gasteiger partial charge on any atom is 0.418 e. The van der Waals surface area contributed by atoms with Crippen LogP contribution in [0.25, 0.3) is 0 Å². The van der Waals surface area contributed by atoms with Crippen LogP contribution in [0.1, 0.15) is 12.0 Å². The molecule has 2 aromatic rings. The van der Waals surface area contributed by atoms with Crippen molar-refractivity contribution in [1.82, 2.24) is 15.1 Å². The van der Waals surface area contributed by atoms with Gasteiger partial charge in [0.05, 0.1) is 17.8 Å². The molecule has 0 bridgehead atoms. The van der Waals surface area contributed by atoms with Crippen molar-refractivity contribution < 1.29 is 22.8 Å². The average Bonchev–Trinajstić information content (AvgIpc) is 2.79. The number of benzene rings is 2. The van der Waals surface area contributed by atoms with Crippen LogP contribution < -0.4 is 10.6 Å². The topological polar surface area (TPSA) is 64.7 Å². The summed E-state index contributed by atoms with van der Waals surface area (Å²) in [7, 11) is 0. The van der Waals surface area contributed by atoms with Gasteiger partial charge in [-0.15, -0.1) is 11.8 Å². The number of hydrogen-bond donors (Lipinski definition) is 2. The maximum absolute atomic E-state index is 13.1. The van der Waals surface area contributed by atoms with Gasteiger partial charge in [0.15, 0.2) is 0 Å². The molecule has 1 heterocycles. The van der Waals surface area contributed by atoms with Gasteiger partial charge in [0.2, 0.25) is 5.91 Å². The molecule has 0 aliphatic carbocycles. The van der Waals surface area contributed by atoms with E-state index in [1.807, 2.05) is 23.1 Å². The number of nitrogens with one attached hydrogen (secondary N) is 2. The van der Waals surface area contributed by atoms with E-state index in [9.17, 15) is 22.8 Å². The second-order valence-corrected chi connectivity index (χ2v) is 8.77. The van der Waals surface area contributed by atoms with Gasteiger partial charge in [-0.05, 0) is 36.4 Å². The minimum absolute atomic E-state index is 0.0294. The molecular weight excluding hydrogens is 453 g/mol. The van der Waals surface area contributed by atoms with Crippen molar-refractivity contribution in [3.8, 4) is 0 Å². The van der Waals surface area contributed by atoms with E-state index in [0.717, 1.165) is 18.2 Å². The van der Waals surface area contributed by atoms with Gasteiger partial charge in [0.25, 0.3) is 0 Å². The van der Waals surface area contributed by atoms with Crippen LogP contribution in [0.2, 0.25) is 0 Å². The van der Waals surface area contributed by atoms with Crippen LogP contribution in [-0.2, 0) is 11.0 Å². The molecule has 1 saturated heterocycles. The third-order valence-electron chi connectivity index (χ3n) is 5.14. The fourth-order valence-corrected chi connectivity index (χ4v) is 4.30. The lowest BCUT2D eigenvalue weighted by atomic mass is 10.1. The van der Waals surface area contributed by atoms with Gasteiger partial charge in [-0.3, -0.25) is 9.69 Å². The van der Waals surface area contributed by atoms with Crippen LogP contribution in [0.5, 0.6) is 0 Å². The molecule has 0 atom stereocenters. The molecule has 0 aromatic heterocycles. The largest absolute Gasteiger partial charge is 0.418 e. The first-order valence-electron chi connectivity index (χ1n) is 10.7. The summed E-state index contributed by atoms with van der Waals surface area (Å²) < 4.78 is 39.2. The van der Waals surface area contributed by atoms with Crippen LogP contribution in [-0.4, -0.2) is 66.8 Å². The number of carbonyl (C=O) groups is 2. The number of thioether (sulfide) groups is 1. The Morgan fingerprint density at radius 1 is 0.939 bits per heavy atom. The Bertz CT molecular complexity index is 919. The minimum atomic E-state index is -4.54. The first kappa shape index (κ1) is 24.9. The Morgan fingerprint density at radius 2 is 1.61 bits per heavy atom. The summed E-state index contributed by atoms with van der Waals surface area (Å²) in [5.74, 6) is 0.394. The van der Waals surface area contributed by atoms with Gasteiger partial charge in [-0.25, -0.2) is 4.79 Å². The Labute approximate surface area is 195 Å². The second-order valence-electron chi connectivity index (χ2n) is 7.60. The molecule has 2 aromatic carbocycles. The van der Waals surface area contributed by atoms with E-state index in [1.54, 1.807) is 16.7 Å². The van der Waals surface area contributed by atoms with Crippen molar-refractivity contribution in [2.24, 2.45) is 0 Å².